The first-order valence-electron chi connectivity index (χ1n) is 12.4. The summed E-state index contributed by atoms with van der Waals surface area (Å²) in [4.78, 5) is 26.2. The second kappa shape index (κ2) is 9.19. The molecule has 164 valence electrons. The Hall–Kier alpha value is -0.0800. The molecule has 4 atom stereocenters. The molecule has 4 saturated carbocycles. The van der Waals surface area contributed by atoms with Crippen molar-refractivity contribution in [2.24, 2.45) is 23.7 Å². The molecular weight excluding hydrogens is 403 g/mol. The van der Waals surface area contributed by atoms with Crippen LogP contribution in [0.4, 0.5) is 0 Å². The lowest BCUT2D eigenvalue weighted by atomic mass is 9.64. The normalized spacial score (nSPS) is 38.0. The van der Waals surface area contributed by atoms with E-state index in [9.17, 15) is 9.59 Å². The minimum atomic E-state index is -0.310. The van der Waals surface area contributed by atoms with E-state index < -0.39 is 0 Å². The molecule has 0 amide bonds. The van der Waals surface area contributed by atoms with Crippen LogP contribution in [0.15, 0.2) is 0 Å². The van der Waals surface area contributed by atoms with Gasteiger partial charge >= 0.3 is 0 Å². The Morgan fingerprint density at radius 1 is 0.586 bits per heavy atom. The number of Topliss-reactive ketones (excluding diaryl/α,β-unsaturated/α-hetero) is 2. The lowest BCUT2D eigenvalue weighted by molar-refractivity contribution is -0.135. The Balaban J connectivity index is 1.42. The van der Waals surface area contributed by atoms with Crippen molar-refractivity contribution in [1.82, 2.24) is 0 Å². The van der Waals surface area contributed by atoms with Crippen molar-refractivity contribution in [2.45, 2.75) is 119 Å². The second-order valence-electron chi connectivity index (χ2n) is 10.6. The van der Waals surface area contributed by atoms with E-state index >= 15 is 0 Å². The Morgan fingerprint density at radius 3 is 1.34 bits per heavy atom. The number of halogens is 2. The molecule has 4 rings (SSSR count). The average Bonchev–Trinajstić information content (AvgIpc) is 2.72. The Kier molecular flexibility index (Phi) is 7.01. The molecule has 4 unspecified atom stereocenters. The van der Waals surface area contributed by atoms with Crippen LogP contribution in [0.2, 0.25) is 0 Å². The smallest absolute Gasteiger partial charge is 0.140 e. The zero-order valence-corrected chi connectivity index (χ0v) is 19.4. The van der Waals surface area contributed by atoms with Gasteiger partial charge in [0.15, 0.2) is 0 Å². The van der Waals surface area contributed by atoms with E-state index in [2.05, 4.69) is 0 Å². The highest BCUT2D eigenvalue weighted by atomic mass is 35.5. The maximum absolute atomic E-state index is 13.4. The Labute approximate surface area is 186 Å². The Bertz CT molecular complexity index is 552. The molecule has 4 heteroatoms. The van der Waals surface area contributed by atoms with Crippen LogP contribution in [-0.4, -0.2) is 21.3 Å². The van der Waals surface area contributed by atoms with E-state index in [1.165, 1.54) is 12.8 Å². The summed E-state index contributed by atoms with van der Waals surface area (Å²) in [6.45, 7) is 0. The second-order valence-corrected chi connectivity index (χ2v) is 12.1. The highest BCUT2D eigenvalue weighted by Gasteiger charge is 2.49. The number of carbonyl (C=O) groups excluding carboxylic acids is 2. The lowest BCUT2D eigenvalue weighted by Crippen LogP contribution is -2.46. The average molecular weight is 441 g/mol. The highest BCUT2D eigenvalue weighted by molar-refractivity contribution is 6.26. The molecule has 29 heavy (non-hydrogen) atoms. The zero-order valence-electron chi connectivity index (χ0n) is 17.9. The van der Waals surface area contributed by atoms with Crippen molar-refractivity contribution < 1.29 is 9.59 Å². The predicted octanol–water partition coefficient (Wildman–Crippen LogP) is 7.23. The van der Waals surface area contributed by atoms with E-state index in [4.69, 9.17) is 23.2 Å². The summed E-state index contributed by atoms with van der Waals surface area (Å²) < 4.78 is 0. The number of ketones is 2. The van der Waals surface area contributed by atoms with Gasteiger partial charge in [0.05, 0.1) is 9.75 Å². The van der Waals surface area contributed by atoms with Crippen LogP contribution in [-0.2, 0) is 9.59 Å². The van der Waals surface area contributed by atoms with Gasteiger partial charge in [0.25, 0.3) is 0 Å². The number of alkyl halides is 2. The SMILES string of the molecule is O=C1C(CC2CCCC(C3(Cl)CCCCC3)C2=O)CCCC1C1(Cl)CCCCC1. The fraction of sp³-hybridized carbons (Fsp3) is 0.920. The lowest BCUT2D eigenvalue weighted by Gasteiger charge is -2.44. The molecule has 4 fully saturated rings. The van der Waals surface area contributed by atoms with Gasteiger partial charge in [0, 0.05) is 23.7 Å². The minimum Gasteiger partial charge on any atom is -0.299 e. The van der Waals surface area contributed by atoms with Gasteiger partial charge in [-0.25, -0.2) is 0 Å². The van der Waals surface area contributed by atoms with E-state index in [-0.39, 0.29) is 33.4 Å². The maximum Gasteiger partial charge on any atom is 0.140 e. The summed E-state index contributed by atoms with van der Waals surface area (Å²) in [6.07, 6.45) is 17.7. The number of carbonyl (C=O) groups is 2. The van der Waals surface area contributed by atoms with Gasteiger partial charge in [-0.1, -0.05) is 51.4 Å². The van der Waals surface area contributed by atoms with E-state index in [0.29, 0.717) is 11.6 Å². The molecule has 0 heterocycles. The summed E-state index contributed by atoms with van der Waals surface area (Å²) in [7, 11) is 0. The van der Waals surface area contributed by atoms with Gasteiger partial charge in [-0.15, -0.1) is 23.2 Å². The van der Waals surface area contributed by atoms with E-state index in [1.807, 2.05) is 0 Å². The van der Waals surface area contributed by atoms with Crippen molar-refractivity contribution >= 4 is 34.8 Å². The van der Waals surface area contributed by atoms with Crippen LogP contribution in [0, 0.1) is 23.7 Å². The number of rotatable bonds is 4. The molecule has 0 aromatic heterocycles. The van der Waals surface area contributed by atoms with Gasteiger partial charge in [0.2, 0.25) is 0 Å². The summed E-state index contributed by atoms with van der Waals surface area (Å²) in [5, 5.41) is 0. The first-order chi connectivity index (χ1) is 13.9. The topological polar surface area (TPSA) is 34.1 Å². The fourth-order valence-electron chi connectivity index (χ4n) is 7.09. The van der Waals surface area contributed by atoms with Crippen molar-refractivity contribution in [3.8, 4) is 0 Å². The van der Waals surface area contributed by atoms with Crippen molar-refractivity contribution in [2.75, 3.05) is 0 Å². The van der Waals surface area contributed by atoms with Gasteiger partial charge in [-0.3, -0.25) is 9.59 Å². The Morgan fingerprint density at radius 2 is 0.966 bits per heavy atom. The molecule has 0 bridgehead atoms. The molecule has 0 radical (unpaired) electrons. The van der Waals surface area contributed by atoms with Gasteiger partial charge in [0.1, 0.15) is 11.6 Å². The molecule has 2 nitrogen and oxygen atoms in total. The standard InChI is InChI=1S/C25H38Cl2O2/c26-24(13-3-1-4-14-24)20-11-7-9-18(22(20)28)17-19-10-8-12-21(23(19)29)25(27)15-5-2-6-16-25/h18-21H,1-17H2. The fourth-order valence-corrected chi connectivity index (χ4v) is 8.06. The van der Waals surface area contributed by atoms with Crippen LogP contribution in [0.25, 0.3) is 0 Å². The van der Waals surface area contributed by atoms with Crippen LogP contribution in [0.5, 0.6) is 0 Å². The summed E-state index contributed by atoms with van der Waals surface area (Å²) in [6, 6.07) is 0. The maximum atomic E-state index is 13.4. The summed E-state index contributed by atoms with van der Waals surface area (Å²) in [5.41, 5.74) is 0. The third-order valence-corrected chi connectivity index (χ3v) is 10.1. The summed E-state index contributed by atoms with van der Waals surface area (Å²) in [5.74, 6) is 0.849. The molecule has 0 aromatic rings. The van der Waals surface area contributed by atoms with E-state index in [0.717, 1.165) is 96.3 Å². The quantitative estimate of drug-likeness (QED) is 0.431. The third-order valence-electron chi connectivity index (χ3n) is 8.77. The minimum absolute atomic E-state index is 0.00965. The van der Waals surface area contributed by atoms with Gasteiger partial charge in [-0.2, -0.15) is 0 Å². The number of hydrogen-bond donors (Lipinski definition) is 0. The van der Waals surface area contributed by atoms with Gasteiger partial charge in [-0.05, 0) is 57.8 Å². The van der Waals surface area contributed by atoms with Crippen molar-refractivity contribution in [1.29, 1.82) is 0 Å². The third kappa shape index (κ3) is 4.59. The van der Waals surface area contributed by atoms with Crippen LogP contribution in [0.1, 0.15) is 109 Å². The van der Waals surface area contributed by atoms with Crippen LogP contribution < -0.4 is 0 Å². The molecule has 4 aliphatic rings. The molecule has 0 aliphatic heterocycles. The predicted molar refractivity (Wildman–Crippen MR) is 120 cm³/mol. The summed E-state index contributed by atoms with van der Waals surface area (Å²) >= 11 is 14.0. The zero-order chi connectivity index (χ0) is 20.5. The highest BCUT2D eigenvalue weighted by Crippen LogP contribution is 2.49. The molecular formula is C25H38Cl2O2. The van der Waals surface area contributed by atoms with Crippen molar-refractivity contribution in [3.63, 3.8) is 0 Å². The van der Waals surface area contributed by atoms with Crippen LogP contribution >= 0.6 is 23.2 Å². The molecule has 0 spiro atoms. The van der Waals surface area contributed by atoms with Crippen LogP contribution in [0.3, 0.4) is 0 Å². The molecule has 0 N–H and O–H groups in total. The molecule has 0 aromatic carbocycles. The first-order valence-corrected chi connectivity index (χ1v) is 13.1. The molecule has 0 saturated heterocycles. The molecule has 4 aliphatic carbocycles. The van der Waals surface area contributed by atoms with Gasteiger partial charge < -0.3 is 0 Å². The number of hydrogen-bond acceptors (Lipinski definition) is 2. The first kappa shape index (κ1) is 22.1. The monoisotopic (exact) mass is 440 g/mol. The largest absolute Gasteiger partial charge is 0.299 e. The van der Waals surface area contributed by atoms with Crippen molar-refractivity contribution in [3.05, 3.63) is 0 Å². The van der Waals surface area contributed by atoms with E-state index in [1.54, 1.807) is 0 Å².